The summed E-state index contributed by atoms with van der Waals surface area (Å²) in [6.45, 7) is 4.05. The first-order valence-electron chi connectivity index (χ1n) is 3.90. The lowest BCUT2D eigenvalue weighted by Crippen LogP contribution is -1.94. The molecule has 3 heteroatoms. The van der Waals surface area contributed by atoms with Crippen molar-refractivity contribution in [2.45, 2.75) is 6.61 Å². The summed E-state index contributed by atoms with van der Waals surface area (Å²) in [6.07, 6.45) is 1.68. The minimum atomic E-state index is 0.0177. The fraction of sp³-hybridized carbons (Fsp3) is 0.200. The van der Waals surface area contributed by atoms with Crippen molar-refractivity contribution in [3.05, 3.63) is 40.9 Å². The van der Waals surface area contributed by atoms with Gasteiger partial charge in [0.05, 0.1) is 6.61 Å². The van der Waals surface area contributed by atoms with Gasteiger partial charge in [0.25, 0.3) is 0 Å². The van der Waals surface area contributed by atoms with Gasteiger partial charge in [-0.05, 0) is 23.8 Å². The van der Waals surface area contributed by atoms with Crippen LogP contribution in [0.15, 0.2) is 35.3 Å². The zero-order valence-electron chi connectivity index (χ0n) is 7.16. The lowest BCUT2D eigenvalue weighted by Gasteiger charge is -2.05. The number of rotatable bonds is 4. The first-order chi connectivity index (χ1) is 6.26. The first-order valence-corrected chi connectivity index (χ1v) is 4.69. The maximum absolute atomic E-state index is 8.92. The predicted octanol–water partition coefficient (Wildman–Crippen LogP) is 2.51. The highest BCUT2D eigenvalue weighted by atomic mass is 79.9. The SMILES string of the molecule is C=CCOc1cc(Br)cc(CO)c1. The monoisotopic (exact) mass is 242 g/mol. The molecular formula is C10H11BrO2. The van der Waals surface area contributed by atoms with Crippen molar-refractivity contribution in [2.24, 2.45) is 0 Å². The van der Waals surface area contributed by atoms with Gasteiger partial charge < -0.3 is 9.84 Å². The minimum Gasteiger partial charge on any atom is -0.490 e. The van der Waals surface area contributed by atoms with Crippen LogP contribution in [-0.2, 0) is 6.61 Å². The van der Waals surface area contributed by atoms with Gasteiger partial charge in [0.15, 0.2) is 0 Å². The first kappa shape index (κ1) is 10.3. The molecule has 0 heterocycles. The van der Waals surface area contributed by atoms with Crippen LogP contribution >= 0.6 is 15.9 Å². The van der Waals surface area contributed by atoms with Crippen LogP contribution in [0.3, 0.4) is 0 Å². The van der Waals surface area contributed by atoms with E-state index < -0.39 is 0 Å². The number of hydrogen-bond donors (Lipinski definition) is 1. The second-order valence-corrected chi connectivity index (χ2v) is 3.47. The molecule has 13 heavy (non-hydrogen) atoms. The number of ether oxygens (including phenoxy) is 1. The molecule has 0 bridgehead atoms. The van der Waals surface area contributed by atoms with Crippen LogP contribution in [0.25, 0.3) is 0 Å². The minimum absolute atomic E-state index is 0.0177. The van der Waals surface area contributed by atoms with Gasteiger partial charge in [0, 0.05) is 4.47 Å². The summed E-state index contributed by atoms with van der Waals surface area (Å²) in [5.74, 6) is 0.735. The third-order valence-electron chi connectivity index (χ3n) is 1.48. The van der Waals surface area contributed by atoms with Crippen LogP contribution in [0.1, 0.15) is 5.56 Å². The Bertz CT molecular complexity index is 297. The molecule has 0 radical (unpaired) electrons. The maximum Gasteiger partial charge on any atom is 0.121 e. The van der Waals surface area contributed by atoms with Crippen molar-refractivity contribution >= 4 is 15.9 Å². The van der Waals surface area contributed by atoms with E-state index in [0.29, 0.717) is 6.61 Å². The molecule has 0 fully saturated rings. The van der Waals surface area contributed by atoms with Crippen LogP contribution < -0.4 is 4.74 Å². The van der Waals surface area contributed by atoms with Crippen LogP contribution in [0.2, 0.25) is 0 Å². The van der Waals surface area contributed by atoms with Crippen molar-refractivity contribution in [3.63, 3.8) is 0 Å². The molecule has 1 N–H and O–H groups in total. The van der Waals surface area contributed by atoms with Crippen molar-refractivity contribution in [3.8, 4) is 5.75 Å². The Kier molecular flexibility index (Phi) is 3.99. The van der Waals surface area contributed by atoms with Gasteiger partial charge in [-0.1, -0.05) is 28.6 Å². The zero-order valence-corrected chi connectivity index (χ0v) is 8.75. The van der Waals surface area contributed by atoms with Crippen molar-refractivity contribution in [1.29, 1.82) is 0 Å². The second-order valence-electron chi connectivity index (χ2n) is 2.55. The quantitative estimate of drug-likeness (QED) is 0.823. The van der Waals surface area contributed by atoms with E-state index in [9.17, 15) is 0 Å². The molecule has 0 aliphatic heterocycles. The Morgan fingerprint density at radius 2 is 2.23 bits per heavy atom. The molecule has 1 rings (SSSR count). The zero-order chi connectivity index (χ0) is 9.68. The molecule has 0 amide bonds. The molecule has 0 aromatic heterocycles. The van der Waals surface area contributed by atoms with Gasteiger partial charge in [-0.2, -0.15) is 0 Å². The molecular weight excluding hydrogens is 232 g/mol. The number of benzene rings is 1. The second kappa shape index (κ2) is 5.04. The lowest BCUT2D eigenvalue weighted by molar-refractivity contribution is 0.280. The Labute approximate surface area is 86.0 Å². The summed E-state index contributed by atoms with van der Waals surface area (Å²) < 4.78 is 6.22. The molecule has 0 unspecified atom stereocenters. The van der Waals surface area contributed by atoms with E-state index in [2.05, 4.69) is 22.5 Å². The Morgan fingerprint density at radius 1 is 1.46 bits per heavy atom. The molecule has 1 aromatic rings. The molecule has 70 valence electrons. The Morgan fingerprint density at radius 3 is 2.85 bits per heavy atom. The van der Waals surface area contributed by atoms with E-state index >= 15 is 0 Å². The number of halogens is 1. The highest BCUT2D eigenvalue weighted by Crippen LogP contribution is 2.21. The fourth-order valence-corrected chi connectivity index (χ4v) is 1.47. The van der Waals surface area contributed by atoms with Crippen molar-refractivity contribution < 1.29 is 9.84 Å². The molecule has 0 atom stereocenters. The predicted molar refractivity (Wildman–Crippen MR) is 55.8 cm³/mol. The molecule has 0 saturated carbocycles. The highest BCUT2D eigenvalue weighted by molar-refractivity contribution is 9.10. The number of hydrogen-bond acceptors (Lipinski definition) is 2. The van der Waals surface area contributed by atoms with Gasteiger partial charge >= 0.3 is 0 Å². The average Bonchev–Trinajstić information content (AvgIpc) is 2.14. The molecule has 0 spiro atoms. The van der Waals surface area contributed by atoms with E-state index in [4.69, 9.17) is 9.84 Å². The molecule has 2 nitrogen and oxygen atoms in total. The van der Waals surface area contributed by atoms with Crippen LogP contribution in [0.5, 0.6) is 5.75 Å². The topological polar surface area (TPSA) is 29.5 Å². The molecule has 0 aliphatic carbocycles. The van der Waals surface area contributed by atoms with E-state index in [1.54, 1.807) is 12.1 Å². The van der Waals surface area contributed by atoms with Crippen LogP contribution in [-0.4, -0.2) is 11.7 Å². The summed E-state index contributed by atoms with van der Waals surface area (Å²) in [5, 5.41) is 8.92. The largest absolute Gasteiger partial charge is 0.490 e. The fourth-order valence-electron chi connectivity index (χ4n) is 0.951. The summed E-state index contributed by atoms with van der Waals surface area (Å²) in [5.41, 5.74) is 0.827. The van der Waals surface area contributed by atoms with Crippen LogP contribution in [0.4, 0.5) is 0 Å². The normalized spacial score (nSPS) is 9.69. The van der Waals surface area contributed by atoms with Gasteiger partial charge in [-0.15, -0.1) is 0 Å². The Balaban J connectivity index is 2.81. The van der Waals surface area contributed by atoms with Gasteiger partial charge in [-0.3, -0.25) is 0 Å². The van der Waals surface area contributed by atoms with Crippen LogP contribution in [0, 0.1) is 0 Å². The molecule has 0 aliphatic rings. The molecule has 1 aromatic carbocycles. The third kappa shape index (κ3) is 3.20. The highest BCUT2D eigenvalue weighted by Gasteiger charge is 1.98. The summed E-state index contributed by atoms with van der Waals surface area (Å²) >= 11 is 3.33. The third-order valence-corrected chi connectivity index (χ3v) is 1.94. The smallest absolute Gasteiger partial charge is 0.121 e. The van der Waals surface area contributed by atoms with Gasteiger partial charge in [0.1, 0.15) is 12.4 Å². The average molecular weight is 243 g/mol. The van der Waals surface area contributed by atoms with Gasteiger partial charge in [-0.25, -0.2) is 0 Å². The van der Waals surface area contributed by atoms with E-state index in [-0.39, 0.29) is 6.61 Å². The summed E-state index contributed by atoms with van der Waals surface area (Å²) in [7, 11) is 0. The lowest BCUT2D eigenvalue weighted by atomic mass is 10.2. The van der Waals surface area contributed by atoms with E-state index in [1.807, 2.05) is 12.1 Å². The van der Waals surface area contributed by atoms with Crippen molar-refractivity contribution in [1.82, 2.24) is 0 Å². The summed E-state index contributed by atoms with van der Waals surface area (Å²) in [4.78, 5) is 0. The maximum atomic E-state index is 8.92. The van der Waals surface area contributed by atoms with Crippen molar-refractivity contribution in [2.75, 3.05) is 6.61 Å². The van der Waals surface area contributed by atoms with Gasteiger partial charge in [0.2, 0.25) is 0 Å². The summed E-state index contributed by atoms with van der Waals surface area (Å²) in [6, 6.07) is 5.50. The Hall–Kier alpha value is -0.800. The van der Waals surface area contributed by atoms with E-state index in [1.165, 1.54) is 0 Å². The number of aliphatic hydroxyl groups excluding tert-OH is 1. The van der Waals surface area contributed by atoms with E-state index in [0.717, 1.165) is 15.8 Å². The molecule has 0 saturated heterocycles. The number of aliphatic hydroxyl groups is 1. The standard InChI is InChI=1S/C10H11BrO2/c1-2-3-13-10-5-8(7-12)4-9(11)6-10/h2,4-6,12H,1,3,7H2.